The van der Waals surface area contributed by atoms with Crippen LogP contribution in [0.3, 0.4) is 0 Å². The Balaban J connectivity index is 1.94. The van der Waals surface area contributed by atoms with E-state index in [0.29, 0.717) is 37.7 Å². The number of hydrogen-bond donors (Lipinski definition) is 1. The van der Waals surface area contributed by atoms with Crippen molar-refractivity contribution in [1.82, 2.24) is 25.2 Å². The highest BCUT2D eigenvalue weighted by Gasteiger charge is 2.38. The second kappa shape index (κ2) is 7.35. The monoisotopic (exact) mass is 309 g/mol. The highest BCUT2D eigenvalue weighted by molar-refractivity contribution is 6.04. The average molecular weight is 309 g/mol. The second-order valence-corrected chi connectivity index (χ2v) is 5.63. The predicted octanol–water partition coefficient (Wildman–Crippen LogP) is 0.433. The zero-order valence-electron chi connectivity index (χ0n) is 13.3. The van der Waals surface area contributed by atoms with Crippen LogP contribution in [-0.4, -0.2) is 58.1 Å². The van der Waals surface area contributed by atoms with Gasteiger partial charge in [-0.1, -0.05) is 25.5 Å². The van der Waals surface area contributed by atoms with E-state index in [1.807, 2.05) is 13.8 Å². The summed E-state index contributed by atoms with van der Waals surface area (Å²) in [5.74, 6) is 0.111. The van der Waals surface area contributed by atoms with Gasteiger partial charge in [0.25, 0.3) is 5.91 Å². The minimum absolute atomic E-state index is 0.184. The Hall–Kier alpha value is -1.96. The summed E-state index contributed by atoms with van der Waals surface area (Å²) in [6.45, 7) is 5.67. The third kappa shape index (κ3) is 3.82. The van der Waals surface area contributed by atoms with Gasteiger partial charge in [0.15, 0.2) is 0 Å². The average Bonchev–Trinajstić information content (AvgIpc) is 3.05. The summed E-state index contributed by atoms with van der Waals surface area (Å²) in [6.07, 6.45) is 3.06. The summed E-state index contributed by atoms with van der Waals surface area (Å²) in [4.78, 5) is 25.5. The molecule has 2 heterocycles. The highest BCUT2D eigenvalue weighted by Crippen LogP contribution is 2.14. The number of carbonyl (C=O) groups is 2. The summed E-state index contributed by atoms with van der Waals surface area (Å²) in [5.41, 5.74) is 0.681. The third-order valence-electron chi connectivity index (χ3n) is 3.82. The van der Waals surface area contributed by atoms with Crippen LogP contribution in [0.4, 0.5) is 4.79 Å². The van der Waals surface area contributed by atoms with Gasteiger partial charge in [0, 0.05) is 26.3 Å². The van der Waals surface area contributed by atoms with Gasteiger partial charge in [-0.2, -0.15) is 0 Å². The van der Waals surface area contributed by atoms with Crippen LogP contribution in [0, 0.1) is 5.92 Å². The topological polar surface area (TPSA) is 89.3 Å². The van der Waals surface area contributed by atoms with Gasteiger partial charge in [-0.25, -0.2) is 9.48 Å². The van der Waals surface area contributed by atoms with E-state index in [-0.39, 0.29) is 11.9 Å². The van der Waals surface area contributed by atoms with Gasteiger partial charge in [-0.05, 0) is 5.92 Å². The Morgan fingerprint density at radius 2 is 2.23 bits per heavy atom. The molecule has 0 radical (unpaired) electrons. The first kappa shape index (κ1) is 16.4. The molecule has 1 saturated heterocycles. The minimum Gasteiger partial charge on any atom is -0.383 e. The Morgan fingerprint density at radius 1 is 1.45 bits per heavy atom. The Labute approximate surface area is 129 Å². The van der Waals surface area contributed by atoms with Crippen molar-refractivity contribution < 1.29 is 14.3 Å². The number of amides is 3. The molecule has 0 aliphatic carbocycles. The number of hydrogen-bond acceptors (Lipinski definition) is 5. The number of imide groups is 1. The fourth-order valence-electron chi connectivity index (χ4n) is 2.26. The largest absolute Gasteiger partial charge is 0.383 e. The molecule has 0 spiro atoms. The zero-order chi connectivity index (χ0) is 16.1. The molecule has 8 heteroatoms. The Kier molecular flexibility index (Phi) is 5.48. The third-order valence-corrected chi connectivity index (χ3v) is 3.82. The second-order valence-electron chi connectivity index (χ2n) is 5.63. The van der Waals surface area contributed by atoms with Crippen molar-refractivity contribution in [2.45, 2.75) is 39.3 Å². The van der Waals surface area contributed by atoms with Crippen molar-refractivity contribution in [2.24, 2.45) is 5.92 Å². The molecule has 1 aromatic heterocycles. The van der Waals surface area contributed by atoms with Crippen molar-refractivity contribution in [3.05, 3.63) is 11.9 Å². The smallest absolute Gasteiger partial charge is 0.324 e. The maximum atomic E-state index is 12.3. The number of methoxy groups -OCH3 is 1. The molecule has 1 aliphatic rings. The molecule has 122 valence electrons. The van der Waals surface area contributed by atoms with E-state index in [9.17, 15) is 9.59 Å². The molecule has 0 bridgehead atoms. The molecule has 22 heavy (non-hydrogen) atoms. The number of urea groups is 1. The molecule has 0 saturated carbocycles. The Bertz CT molecular complexity index is 530. The highest BCUT2D eigenvalue weighted by atomic mass is 16.5. The lowest BCUT2D eigenvalue weighted by molar-refractivity contribution is -0.127. The van der Waals surface area contributed by atoms with E-state index in [2.05, 4.69) is 15.6 Å². The maximum Gasteiger partial charge on any atom is 0.324 e. The lowest BCUT2D eigenvalue weighted by atomic mass is 10.1. The molecular formula is C14H23N5O3. The predicted molar refractivity (Wildman–Crippen MR) is 79.1 cm³/mol. The molecule has 2 atom stereocenters. The first-order chi connectivity index (χ1) is 10.5. The molecular weight excluding hydrogens is 286 g/mol. The van der Waals surface area contributed by atoms with E-state index < -0.39 is 6.04 Å². The number of aromatic nitrogens is 3. The number of rotatable bonds is 8. The Morgan fingerprint density at radius 3 is 2.91 bits per heavy atom. The van der Waals surface area contributed by atoms with E-state index >= 15 is 0 Å². The van der Waals surface area contributed by atoms with Crippen LogP contribution in [0.25, 0.3) is 0 Å². The lowest BCUT2D eigenvalue weighted by Gasteiger charge is -2.16. The molecule has 1 fully saturated rings. The fourth-order valence-corrected chi connectivity index (χ4v) is 2.26. The number of carbonyl (C=O) groups excluding carboxylic acids is 2. The van der Waals surface area contributed by atoms with Gasteiger partial charge < -0.3 is 10.1 Å². The fraction of sp³-hybridized carbons (Fsp3) is 0.714. The molecule has 0 aromatic carbocycles. The van der Waals surface area contributed by atoms with Crippen LogP contribution in [0.15, 0.2) is 6.20 Å². The summed E-state index contributed by atoms with van der Waals surface area (Å²) < 4.78 is 6.64. The minimum atomic E-state index is -0.552. The van der Waals surface area contributed by atoms with E-state index in [0.717, 1.165) is 6.42 Å². The molecule has 1 aliphatic heterocycles. The van der Waals surface area contributed by atoms with Gasteiger partial charge in [-0.15, -0.1) is 5.10 Å². The van der Waals surface area contributed by atoms with Crippen LogP contribution in [0.1, 0.15) is 26.0 Å². The number of nitrogens with zero attached hydrogens (tertiary/aromatic N) is 4. The van der Waals surface area contributed by atoms with E-state index in [1.165, 1.54) is 4.90 Å². The number of nitrogens with one attached hydrogen (secondary N) is 1. The lowest BCUT2D eigenvalue weighted by Crippen LogP contribution is -2.35. The van der Waals surface area contributed by atoms with Crippen LogP contribution < -0.4 is 5.32 Å². The van der Waals surface area contributed by atoms with Crippen molar-refractivity contribution in [2.75, 3.05) is 20.3 Å². The van der Waals surface area contributed by atoms with Gasteiger partial charge in [0.05, 0.1) is 18.8 Å². The maximum absolute atomic E-state index is 12.3. The summed E-state index contributed by atoms with van der Waals surface area (Å²) in [7, 11) is 1.62. The molecule has 1 aromatic rings. The molecule has 3 amide bonds. The standard InChI is InChI=1S/C14H23N5O3/c1-4-10(2)8-19-13(20)12(15-14(19)21)7-11-9-18(17-16-11)5-6-22-3/h9-10,12H,4-8H2,1-3H3,(H,15,21)/t10-,12-/m1/s1. The first-order valence-electron chi connectivity index (χ1n) is 7.55. The van der Waals surface area contributed by atoms with E-state index in [1.54, 1.807) is 18.0 Å². The van der Waals surface area contributed by atoms with Gasteiger partial charge in [0.1, 0.15) is 6.04 Å². The van der Waals surface area contributed by atoms with Gasteiger partial charge in [0.2, 0.25) is 0 Å². The van der Waals surface area contributed by atoms with Crippen LogP contribution in [0.5, 0.6) is 0 Å². The molecule has 2 rings (SSSR count). The normalized spacial score (nSPS) is 19.6. The molecule has 1 N–H and O–H groups in total. The van der Waals surface area contributed by atoms with Crippen molar-refractivity contribution >= 4 is 11.9 Å². The zero-order valence-corrected chi connectivity index (χ0v) is 13.3. The van der Waals surface area contributed by atoms with Crippen LogP contribution in [-0.2, 0) is 22.5 Å². The SMILES string of the molecule is CC[C@@H](C)CN1C(=O)N[C@H](Cc2cn(CCOC)nn2)C1=O. The van der Waals surface area contributed by atoms with Crippen LogP contribution >= 0.6 is 0 Å². The summed E-state index contributed by atoms with van der Waals surface area (Å²) in [6, 6.07) is -0.869. The molecule has 8 nitrogen and oxygen atoms in total. The first-order valence-corrected chi connectivity index (χ1v) is 7.55. The van der Waals surface area contributed by atoms with Crippen molar-refractivity contribution in [3.8, 4) is 0 Å². The number of ether oxygens (including phenoxy) is 1. The summed E-state index contributed by atoms with van der Waals surface area (Å²) in [5, 5.41) is 10.7. The van der Waals surface area contributed by atoms with Crippen LogP contribution in [0.2, 0.25) is 0 Å². The quantitative estimate of drug-likeness (QED) is 0.704. The van der Waals surface area contributed by atoms with Gasteiger partial charge >= 0.3 is 6.03 Å². The van der Waals surface area contributed by atoms with Gasteiger partial charge in [-0.3, -0.25) is 9.69 Å². The molecule has 0 unspecified atom stereocenters. The van der Waals surface area contributed by atoms with Crippen molar-refractivity contribution in [3.63, 3.8) is 0 Å². The van der Waals surface area contributed by atoms with Crippen molar-refractivity contribution in [1.29, 1.82) is 0 Å². The van der Waals surface area contributed by atoms with E-state index in [4.69, 9.17) is 4.74 Å². The summed E-state index contributed by atoms with van der Waals surface area (Å²) >= 11 is 0.